The summed E-state index contributed by atoms with van der Waals surface area (Å²) in [7, 11) is 0. The van der Waals surface area contributed by atoms with Crippen molar-refractivity contribution in [3.05, 3.63) is 18.2 Å². The number of nitrogens with zero attached hydrogens (tertiary/aromatic N) is 3. The Morgan fingerprint density at radius 2 is 1.83 bits per heavy atom. The van der Waals surface area contributed by atoms with E-state index < -0.39 is 0 Å². The molecule has 0 N–H and O–H groups in total. The summed E-state index contributed by atoms with van der Waals surface area (Å²) in [4.78, 5) is 8.05. The summed E-state index contributed by atoms with van der Waals surface area (Å²) in [6.45, 7) is 1.74. The summed E-state index contributed by atoms with van der Waals surface area (Å²) < 4.78 is 0. The van der Waals surface area contributed by atoms with Crippen molar-refractivity contribution >= 4 is 11.8 Å². The van der Waals surface area contributed by atoms with Gasteiger partial charge < -0.3 is 9.97 Å². The van der Waals surface area contributed by atoms with Crippen LogP contribution in [0.4, 0.5) is 0 Å². The molecule has 1 aromatic heterocycles. The van der Waals surface area contributed by atoms with Gasteiger partial charge in [0.1, 0.15) is 5.40 Å². The van der Waals surface area contributed by atoms with Crippen LogP contribution in [-0.4, -0.2) is 9.97 Å². The summed E-state index contributed by atoms with van der Waals surface area (Å²) in [5.74, 6) is 0.613. The smallest absolute Gasteiger partial charge is 0.134 e. The summed E-state index contributed by atoms with van der Waals surface area (Å²) in [6.07, 6.45) is 5.22. The predicted octanol–water partition coefficient (Wildman–Crippen LogP) is 0.954. The van der Waals surface area contributed by atoms with Gasteiger partial charge in [-0.05, 0) is 0 Å². The fourth-order valence-electron chi connectivity index (χ4n) is 0.405. The van der Waals surface area contributed by atoms with Gasteiger partial charge in [0.2, 0.25) is 0 Å². The molecule has 0 atom stereocenters. The first-order chi connectivity index (χ1) is 4.83. The molecule has 0 saturated heterocycles. The molecule has 0 saturated carbocycles. The van der Waals surface area contributed by atoms with Crippen molar-refractivity contribution in [3.63, 3.8) is 0 Å². The molecule has 0 aliphatic rings. The number of thioether (sulfide) groups is 1. The standard InChI is InChI=1S/C6H3N3S.2Y/c1-5-8-2-6(3-9-5)10-4-7;;/h1H3;;/q-2;;. The zero-order valence-electron chi connectivity index (χ0n) is 6.40. The van der Waals surface area contributed by atoms with Crippen molar-refractivity contribution in [2.75, 3.05) is 0 Å². The molecular formula is C6H3N3SY2-2. The molecule has 56 valence electrons. The molecule has 0 amide bonds. The Morgan fingerprint density at radius 3 is 2.25 bits per heavy atom. The van der Waals surface area contributed by atoms with Crippen LogP contribution >= 0.6 is 11.8 Å². The summed E-state index contributed by atoms with van der Waals surface area (Å²) >= 11 is 0.953. The average molecular weight is 327 g/mol. The molecule has 6 heteroatoms. The van der Waals surface area contributed by atoms with Gasteiger partial charge in [0.25, 0.3) is 0 Å². The van der Waals surface area contributed by atoms with Crippen molar-refractivity contribution < 1.29 is 65.4 Å². The van der Waals surface area contributed by atoms with E-state index in [4.69, 9.17) is 5.26 Å². The predicted molar refractivity (Wildman–Crippen MR) is 35.9 cm³/mol. The quantitative estimate of drug-likeness (QED) is 0.438. The molecule has 12 heavy (non-hydrogen) atoms. The number of hydrogen-bond donors (Lipinski definition) is 0. The maximum Gasteiger partial charge on any atom is 0.134 e. The molecule has 0 aliphatic heterocycles. The summed E-state index contributed by atoms with van der Waals surface area (Å²) in [5.41, 5.74) is 0. The minimum Gasteiger partial charge on any atom is -0.509 e. The maximum absolute atomic E-state index is 8.21. The third-order valence-electron chi connectivity index (χ3n) is 0.786. The van der Waals surface area contributed by atoms with E-state index in [1.54, 1.807) is 6.92 Å². The summed E-state index contributed by atoms with van der Waals surface area (Å²) in [5, 5.41) is 10.1. The van der Waals surface area contributed by atoms with Crippen LogP contribution in [0.25, 0.3) is 0 Å². The van der Waals surface area contributed by atoms with E-state index in [2.05, 4.69) is 22.4 Å². The summed E-state index contributed by atoms with van der Waals surface area (Å²) in [6, 6.07) is 0. The van der Waals surface area contributed by atoms with Gasteiger partial charge in [-0.1, -0.05) is 18.7 Å². The zero-order valence-corrected chi connectivity index (χ0v) is 12.9. The van der Waals surface area contributed by atoms with Crippen LogP contribution in [0.2, 0.25) is 0 Å². The first-order valence-corrected chi connectivity index (χ1v) is 3.34. The fourth-order valence-corrected chi connectivity index (χ4v) is 0.678. The first kappa shape index (κ1) is 15.6. The van der Waals surface area contributed by atoms with Gasteiger partial charge in [-0.2, -0.15) is 10.2 Å². The van der Waals surface area contributed by atoms with Crippen LogP contribution in [0, 0.1) is 30.0 Å². The van der Waals surface area contributed by atoms with Gasteiger partial charge in [-0.15, -0.1) is 5.82 Å². The van der Waals surface area contributed by atoms with E-state index >= 15 is 0 Å². The number of aromatic nitrogens is 2. The second kappa shape index (κ2) is 8.71. The molecule has 3 nitrogen and oxygen atoms in total. The molecule has 1 rings (SSSR count). The Balaban J connectivity index is 0. The monoisotopic (exact) mass is 327 g/mol. The molecule has 0 spiro atoms. The van der Waals surface area contributed by atoms with Gasteiger partial charge in [0.15, 0.2) is 0 Å². The van der Waals surface area contributed by atoms with Crippen LogP contribution in [0.1, 0.15) is 5.82 Å². The Hall–Kier alpha value is 1.13. The van der Waals surface area contributed by atoms with Crippen molar-refractivity contribution in [1.29, 1.82) is 5.26 Å². The number of thiocyanates is 1. The Morgan fingerprint density at radius 1 is 1.33 bits per heavy atom. The third kappa shape index (κ3) is 5.72. The van der Waals surface area contributed by atoms with Gasteiger partial charge in [0, 0.05) is 65.4 Å². The molecule has 1 aromatic rings. The number of aryl methyl sites for hydroxylation is 1. The van der Waals surface area contributed by atoms with Crippen LogP contribution in [0.3, 0.4) is 0 Å². The van der Waals surface area contributed by atoms with E-state index in [9.17, 15) is 0 Å². The molecule has 0 bridgehead atoms. The molecule has 2 radical (unpaired) electrons. The van der Waals surface area contributed by atoms with Crippen molar-refractivity contribution in [1.82, 2.24) is 9.97 Å². The van der Waals surface area contributed by atoms with E-state index in [1.807, 2.05) is 5.40 Å². The normalized spacial score (nSPS) is 7.33. The van der Waals surface area contributed by atoms with Crippen LogP contribution in [-0.2, 0) is 65.4 Å². The van der Waals surface area contributed by atoms with E-state index in [0.717, 1.165) is 11.8 Å². The molecule has 0 unspecified atom stereocenters. The topological polar surface area (TPSA) is 49.6 Å². The van der Waals surface area contributed by atoms with Crippen molar-refractivity contribution in [2.24, 2.45) is 0 Å². The Labute approximate surface area is 126 Å². The Kier molecular flexibility index (Phi) is 11.3. The van der Waals surface area contributed by atoms with E-state index in [0.29, 0.717) is 10.7 Å². The fraction of sp³-hybridized carbons (Fsp3) is 0.167. The van der Waals surface area contributed by atoms with E-state index in [-0.39, 0.29) is 65.4 Å². The number of nitriles is 1. The Bertz CT molecular complexity index is 256. The molecular weight excluding hydrogens is 324 g/mol. The molecule has 1 heterocycles. The van der Waals surface area contributed by atoms with Gasteiger partial charge in [-0.25, -0.2) is 12.4 Å². The van der Waals surface area contributed by atoms with Gasteiger partial charge >= 0.3 is 0 Å². The third-order valence-corrected chi connectivity index (χ3v) is 1.26. The first-order valence-electron chi connectivity index (χ1n) is 2.53. The van der Waals surface area contributed by atoms with Crippen LogP contribution in [0.5, 0.6) is 0 Å². The second-order valence-corrected chi connectivity index (χ2v) is 2.31. The average Bonchev–Trinajstić information content (AvgIpc) is 1.95. The van der Waals surface area contributed by atoms with Crippen LogP contribution in [0.15, 0.2) is 4.90 Å². The zero-order chi connectivity index (χ0) is 7.40. The molecule has 0 aliphatic carbocycles. The minimum absolute atomic E-state index is 0. The largest absolute Gasteiger partial charge is 0.509 e. The molecule has 0 aromatic carbocycles. The van der Waals surface area contributed by atoms with Crippen molar-refractivity contribution in [3.8, 4) is 5.40 Å². The van der Waals surface area contributed by atoms with Crippen LogP contribution < -0.4 is 0 Å². The molecule has 0 fully saturated rings. The van der Waals surface area contributed by atoms with Gasteiger partial charge in [-0.3, -0.25) is 0 Å². The van der Waals surface area contributed by atoms with Crippen molar-refractivity contribution in [2.45, 2.75) is 11.8 Å². The second-order valence-electron chi connectivity index (χ2n) is 1.52. The number of hydrogen-bond acceptors (Lipinski definition) is 4. The van der Waals surface area contributed by atoms with E-state index in [1.165, 1.54) is 0 Å². The minimum atomic E-state index is 0. The SMILES string of the molecule is Cc1n[c-]c(SC#N)[c-]n1.[Y].[Y]. The number of rotatable bonds is 1. The van der Waals surface area contributed by atoms with Gasteiger partial charge in [0.05, 0.1) is 0 Å². The maximum atomic E-state index is 8.21.